The zero-order valence-corrected chi connectivity index (χ0v) is 18.1. The van der Waals surface area contributed by atoms with Gasteiger partial charge in [-0.05, 0) is 56.2 Å². The monoisotopic (exact) mass is 438 g/mol. The quantitative estimate of drug-likeness (QED) is 0.692. The molecule has 1 saturated carbocycles. The first-order valence-corrected chi connectivity index (χ1v) is 12.4. The van der Waals surface area contributed by atoms with E-state index in [2.05, 4.69) is 9.44 Å². The van der Waals surface area contributed by atoms with Crippen LogP contribution in [0.25, 0.3) is 0 Å². The van der Waals surface area contributed by atoms with Crippen LogP contribution in [0.15, 0.2) is 58.3 Å². The Morgan fingerprint density at radius 3 is 1.59 bits per heavy atom. The fourth-order valence-electron chi connectivity index (χ4n) is 3.42. The number of ether oxygens (including phenoxy) is 1. The van der Waals surface area contributed by atoms with E-state index in [-0.39, 0.29) is 9.79 Å². The van der Waals surface area contributed by atoms with Crippen molar-refractivity contribution < 1.29 is 21.6 Å². The first-order chi connectivity index (χ1) is 13.7. The molecular formula is C20H26N2O5S2. The Bertz CT molecular complexity index is 1030. The van der Waals surface area contributed by atoms with Crippen LogP contribution >= 0.6 is 0 Å². The van der Waals surface area contributed by atoms with E-state index in [1.807, 2.05) is 6.92 Å². The number of nitrogens with one attached hydrogen (secondary N) is 2. The highest BCUT2D eigenvalue weighted by atomic mass is 32.2. The number of rotatable bonds is 7. The van der Waals surface area contributed by atoms with Crippen molar-refractivity contribution in [1.29, 1.82) is 0 Å². The highest BCUT2D eigenvalue weighted by Gasteiger charge is 2.32. The molecule has 9 heteroatoms. The Morgan fingerprint density at radius 1 is 0.759 bits per heavy atom. The van der Waals surface area contributed by atoms with Crippen molar-refractivity contribution in [3.63, 3.8) is 0 Å². The molecule has 2 N–H and O–H groups in total. The predicted molar refractivity (Wildman–Crippen MR) is 111 cm³/mol. The Kier molecular flexibility index (Phi) is 6.62. The van der Waals surface area contributed by atoms with Crippen molar-refractivity contribution in [3.05, 3.63) is 54.1 Å². The summed E-state index contributed by atoms with van der Waals surface area (Å²) < 4.78 is 61.5. The van der Waals surface area contributed by atoms with Gasteiger partial charge in [0.2, 0.25) is 20.0 Å². The lowest BCUT2D eigenvalue weighted by molar-refractivity contribution is 0.340. The number of hydrogen-bond donors (Lipinski definition) is 2. The molecule has 0 aromatic heterocycles. The van der Waals surface area contributed by atoms with Gasteiger partial charge in [0.1, 0.15) is 5.75 Å². The molecule has 2 aromatic rings. The molecule has 158 valence electrons. The summed E-state index contributed by atoms with van der Waals surface area (Å²) in [5.41, 5.74) is 0.965. The Hall–Kier alpha value is -1.94. The molecule has 0 bridgehead atoms. The molecule has 1 fully saturated rings. The van der Waals surface area contributed by atoms with E-state index in [4.69, 9.17) is 4.74 Å². The molecule has 2 atom stereocenters. The molecule has 0 spiro atoms. The summed E-state index contributed by atoms with van der Waals surface area (Å²) in [4.78, 5) is 0.287. The van der Waals surface area contributed by atoms with E-state index in [1.54, 1.807) is 36.4 Å². The molecule has 1 aliphatic rings. The lowest BCUT2D eigenvalue weighted by Gasteiger charge is -2.32. The largest absolute Gasteiger partial charge is 0.497 e. The third kappa shape index (κ3) is 5.36. The molecule has 1 aliphatic carbocycles. The standard InChI is InChI=1S/C20H26N2O5S2/c1-15-7-11-17(12-8-15)28(23,24)21-19-5-3-4-6-20(19)22-29(25,26)18-13-9-16(27-2)10-14-18/h7-14,19-22H,3-6H2,1-2H3/t19-,20-/m0/s1. The van der Waals surface area contributed by atoms with Gasteiger partial charge < -0.3 is 4.74 Å². The summed E-state index contributed by atoms with van der Waals surface area (Å²) in [6.45, 7) is 1.88. The second-order valence-electron chi connectivity index (χ2n) is 7.23. The second-order valence-corrected chi connectivity index (χ2v) is 10.7. The van der Waals surface area contributed by atoms with E-state index >= 15 is 0 Å². The minimum atomic E-state index is -3.78. The molecule has 7 nitrogen and oxygen atoms in total. The molecule has 0 unspecified atom stereocenters. The highest BCUT2D eigenvalue weighted by Crippen LogP contribution is 2.23. The van der Waals surface area contributed by atoms with Gasteiger partial charge >= 0.3 is 0 Å². The van der Waals surface area contributed by atoms with Crippen molar-refractivity contribution in [2.24, 2.45) is 0 Å². The smallest absolute Gasteiger partial charge is 0.240 e. The zero-order valence-electron chi connectivity index (χ0n) is 16.5. The van der Waals surface area contributed by atoms with Gasteiger partial charge in [-0.25, -0.2) is 26.3 Å². The molecule has 0 saturated heterocycles. The zero-order chi connectivity index (χ0) is 21.1. The number of methoxy groups -OCH3 is 1. The summed E-state index contributed by atoms with van der Waals surface area (Å²) in [6.07, 6.45) is 2.80. The second kappa shape index (κ2) is 8.83. The average molecular weight is 439 g/mol. The van der Waals surface area contributed by atoms with Gasteiger partial charge in [0.15, 0.2) is 0 Å². The minimum absolute atomic E-state index is 0.115. The van der Waals surface area contributed by atoms with Crippen molar-refractivity contribution in [3.8, 4) is 5.75 Å². The fourth-order valence-corrected chi connectivity index (χ4v) is 6.04. The van der Waals surface area contributed by atoms with E-state index in [1.165, 1.54) is 19.2 Å². The number of benzene rings is 2. The minimum Gasteiger partial charge on any atom is -0.497 e. The summed E-state index contributed by atoms with van der Waals surface area (Å²) >= 11 is 0. The van der Waals surface area contributed by atoms with E-state index < -0.39 is 32.1 Å². The van der Waals surface area contributed by atoms with Gasteiger partial charge in [0, 0.05) is 12.1 Å². The third-order valence-electron chi connectivity index (χ3n) is 5.08. The fraction of sp³-hybridized carbons (Fsp3) is 0.400. The summed E-state index contributed by atoms with van der Waals surface area (Å²) in [6, 6.07) is 11.6. The normalized spacial score (nSPS) is 20.3. The summed E-state index contributed by atoms with van der Waals surface area (Å²) in [7, 11) is -6.02. The SMILES string of the molecule is COc1ccc(S(=O)(=O)N[C@H]2CCCC[C@@H]2NS(=O)(=O)c2ccc(C)cc2)cc1. The van der Waals surface area contributed by atoms with Crippen molar-refractivity contribution in [1.82, 2.24) is 9.44 Å². The van der Waals surface area contributed by atoms with Crippen LogP contribution in [0.5, 0.6) is 5.75 Å². The molecular weight excluding hydrogens is 412 g/mol. The van der Waals surface area contributed by atoms with Gasteiger partial charge in [0.05, 0.1) is 16.9 Å². The lowest BCUT2D eigenvalue weighted by atomic mass is 9.92. The van der Waals surface area contributed by atoms with Gasteiger partial charge in [0.25, 0.3) is 0 Å². The number of sulfonamides is 2. The van der Waals surface area contributed by atoms with E-state index in [0.29, 0.717) is 18.6 Å². The van der Waals surface area contributed by atoms with Gasteiger partial charge in [-0.15, -0.1) is 0 Å². The van der Waals surface area contributed by atoms with Crippen LogP contribution in [0.3, 0.4) is 0 Å². The first kappa shape index (κ1) is 21.8. The van der Waals surface area contributed by atoms with Crippen LogP contribution in [0.1, 0.15) is 31.2 Å². The van der Waals surface area contributed by atoms with Crippen LogP contribution in [0.2, 0.25) is 0 Å². The summed E-state index contributed by atoms with van der Waals surface area (Å²) in [5, 5.41) is 0. The Morgan fingerprint density at radius 2 is 1.17 bits per heavy atom. The number of aryl methyl sites for hydroxylation is 1. The molecule has 0 heterocycles. The van der Waals surface area contributed by atoms with Gasteiger partial charge in [-0.2, -0.15) is 0 Å². The van der Waals surface area contributed by atoms with Crippen molar-refractivity contribution in [2.75, 3.05) is 7.11 Å². The van der Waals surface area contributed by atoms with Gasteiger partial charge in [-0.3, -0.25) is 0 Å². The van der Waals surface area contributed by atoms with Crippen LogP contribution in [0.4, 0.5) is 0 Å². The molecule has 2 aromatic carbocycles. The van der Waals surface area contributed by atoms with E-state index in [0.717, 1.165) is 18.4 Å². The third-order valence-corrected chi connectivity index (χ3v) is 8.09. The van der Waals surface area contributed by atoms with Crippen LogP contribution in [-0.4, -0.2) is 36.0 Å². The van der Waals surface area contributed by atoms with Crippen LogP contribution in [-0.2, 0) is 20.0 Å². The maximum atomic E-state index is 12.8. The predicted octanol–water partition coefficient (Wildman–Crippen LogP) is 2.57. The Balaban J connectivity index is 1.77. The average Bonchev–Trinajstić information content (AvgIpc) is 2.69. The maximum Gasteiger partial charge on any atom is 0.240 e. The summed E-state index contributed by atoms with van der Waals surface area (Å²) in [5.74, 6) is 0.561. The van der Waals surface area contributed by atoms with Crippen molar-refractivity contribution in [2.45, 2.75) is 54.5 Å². The Labute approximate surface area is 172 Å². The van der Waals surface area contributed by atoms with Crippen LogP contribution < -0.4 is 14.2 Å². The molecule has 29 heavy (non-hydrogen) atoms. The molecule has 0 aliphatic heterocycles. The topological polar surface area (TPSA) is 102 Å². The van der Waals surface area contributed by atoms with Crippen LogP contribution in [0, 0.1) is 6.92 Å². The van der Waals surface area contributed by atoms with Gasteiger partial charge in [-0.1, -0.05) is 30.5 Å². The van der Waals surface area contributed by atoms with E-state index in [9.17, 15) is 16.8 Å². The molecule has 3 rings (SSSR count). The first-order valence-electron chi connectivity index (χ1n) is 9.47. The molecule has 0 amide bonds. The number of hydrogen-bond acceptors (Lipinski definition) is 5. The molecule has 0 radical (unpaired) electrons. The maximum absolute atomic E-state index is 12.8. The highest BCUT2D eigenvalue weighted by molar-refractivity contribution is 7.90. The lowest BCUT2D eigenvalue weighted by Crippen LogP contribution is -2.52. The van der Waals surface area contributed by atoms with Crippen molar-refractivity contribution >= 4 is 20.0 Å².